The van der Waals surface area contributed by atoms with E-state index in [1.807, 2.05) is 31.2 Å². The number of aliphatic hydroxyl groups is 1. The van der Waals surface area contributed by atoms with Gasteiger partial charge in [0.2, 0.25) is 0 Å². The van der Waals surface area contributed by atoms with Gasteiger partial charge < -0.3 is 25.5 Å². The summed E-state index contributed by atoms with van der Waals surface area (Å²) in [7, 11) is 0. The number of morpholine rings is 1. The molecule has 0 radical (unpaired) electrons. The van der Waals surface area contributed by atoms with Crippen LogP contribution in [0, 0.1) is 12.3 Å². The molecule has 1 aliphatic rings. The molecule has 0 unspecified atom stereocenters. The molecule has 1 aromatic heterocycles. The molecule has 2 aromatic carbocycles. The van der Waals surface area contributed by atoms with Gasteiger partial charge in [-0.05, 0) is 37.3 Å². The Hall–Kier alpha value is -3.56. The monoisotopic (exact) mass is 407 g/mol. The maximum atomic E-state index is 13.0. The molecule has 0 aliphatic carbocycles. The minimum absolute atomic E-state index is 0.0628. The molecule has 1 fully saturated rings. The van der Waals surface area contributed by atoms with Gasteiger partial charge in [-0.25, -0.2) is 0 Å². The van der Waals surface area contributed by atoms with E-state index >= 15 is 0 Å². The van der Waals surface area contributed by atoms with Crippen molar-refractivity contribution in [3.63, 3.8) is 0 Å². The molecule has 1 aliphatic heterocycles. The van der Waals surface area contributed by atoms with Gasteiger partial charge in [0.25, 0.3) is 11.5 Å². The summed E-state index contributed by atoms with van der Waals surface area (Å²) in [6.45, 7) is 2.56. The molecule has 3 aromatic rings. The lowest BCUT2D eigenvalue weighted by Gasteiger charge is -2.34. The first-order valence-electron chi connectivity index (χ1n) is 9.41. The molecule has 0 spiro atoms. The van der Waals surface area contributed by atoms with Gasteiger partial charge in [-0.15, -0.1) is 0 Å². The van der Waals surface area contributed by atoms with Crippen molar-refractivity contribution in [2.45, 2.75) is 19.1 Å². The summed E-state index contributed by atoms with van der Waals surface area (Å²) in [6, 6.07) is 12.1. The molecule has 4 rings (SSSR count). The van der Waals surface area contributed by atoms with Crippen LogP contribution in [-0.2, 0) is 9.53 Å². The molecule has 30 heavy (non-hydrogen) atoms. The Labute approximate surface area is 171 Å². The molecule has 154 valence electrons. The number of amides is 1. The highest BCUT2D eigenvalue weighted by atomic mass is 16.5. The van der Waals surface area contributed by atoms with Crippen LogP contribution in [0.15, 0.2) is 47.3 Å². The molecule has 1 amide bonds. The number of nitrogens with zero attached hydrogens (tertiary/aromatic N) is 2. The number of nitrogens with one attached hydrogen (secondary N) is 2. The number of carbonyl (C=O) groups excluding carboxylic acids is 1. The predicted molar refractivity (Wildman–Crippen MR) is 112 cm³/mol. The summed E-state index contributed by atoms with van der Waals surface area (Å²) in [4.78, 5) is 33.8. The van der Waals surface area contributed by atoms with Crippen molar-refractivity contribution in [2.75, 3.05) is 18.1 Å². The van der Waals surface area contributed by atoms with Gasteiger partial charge in [-0.2, -0.15) is 4.98 Å². The van der Waals surface area contributed by atoms with Crippen molar-refractivity contribution in [1.82, 2.24) is 9.97 Å². The molecule has 2 heterocycles. The number of hydrogen-bond donors (Lipinski definition) is 4. The first kappa shape index (κ1) is 19.7. The van der Waals surface area contributed by atoms with Crippen LogP contribution < -0.4 is 16.2 Å². The number of aromatic nitrogens is 2. The lowest BCUT2D eigenvalue weighted by Crippen LogP contribution is -2.50. The fraction of sp³-hybridized carbons (Fsp3) is 0.238. The van der Waals surface area contributed by atoms with Crippen LogP contribution >= 0.6 is 0 Å². The standard InChI is InChI=1S/C21H21N5O4/c1-11-2-5-13(6-3-11)26-8-9-30-17(21(26)29)16(27)19-24-15-7-4-12(18(22)23)10-14(15)20(28)25-19/h2-7,10,16-17,27H,8-9H2,1H3,(H3,22,23)(H,24,25,28)/t16-,17-/m1/s1. The molecular formula is C21H21N5O4. The number of H-pyrrole nitrogens is 1. The first-order chi connectivity index (χ1) is 14.3. The number of nitrogens with two attached hydrogens (primary N) is 1. The second kappa shape index (κ2) is 7.69. The fourth-order valence-electron chi connectivity index (χ4n) is 3.43. The summed E-state index contributed by atoms with van der Waals surface area (Å²) in [5, 5.41) is 18.5. The fourth-order valence-corrected chi connectivity index (χ4v) is 3.43. The van der Waals surface area contributed by atoms with Crippen molar-refractivity contribution in [3.8, 4) is 0 Å². The Balaban J connectivity index is 1.65. The Kier molecular flexibility index (Phi) is 5.06. The molecule has 9 nitrogen and oxygen atoms in total. The van der Waals surface area contributed by atoms with E-state index in [9.17, 15) is 14.7 Å². The van der Waals surface area contributed by atoms with Gasteiger partial charge in [-0.1, -0.05) is 17.7 Å². The number of nitrogen functional groups attached to an aromatic ring is 1. The zero-order valence-corrected chi connectivity index (χ0v) is 16.3. The molecule has 9 heteroatoms. The lowest BCUT2D eigenvalue weighted by atomic mass is 10.1. The second-order valence-corrected chi connectivity index (χ2v) is 7.16. The van der Waals surface area contributed by atoms with E-state index < -0.39 is 23.7 Å². The van der Waals surface area contributed by atoms with Crippen LogP contribution in [-0.4, -0.2) is 46.1 Å². The third-order valence-electron chi connectivity index (χ3n) is 5.08. The van der Waals surface area contributed by atoms with Crippen LogP contribution in [0.3, 0.4) is 0 Å². The summed E-state index contributed by atoms with van der Waals surface area (Å²) in [5.41, 5.74) is 7.45. The molecule has 1 saturated heterocycles. The first-order valence-corrected chi connectivity index (χ1v) is 9.41. The van der Waals surface area contributed by atoms with Crippen molar-refractivity contribution in [1.29, 1.82) is 5.41 Å². The zero-order valence-electron chi connectivity index (χ0n) is 16.3. The zero-order chi connectivity index (χ0) is 21.4. The highest BCUT2D eigenvalue weighted by Crippen LogP contribution is 2.25. The van der Waals surface area contributed by atoms with Gasteiger partial charge in [0, 0.05) is 17.8 Å². The van der Waals surface area contributed by atoms with Crippen molar-refractivity contribution in [2.24, 2.45) is 5.73 Å². The topological polar surface area (TPSA) is 145 Å². The maximum Gasteiger partial charge on any atom is 0.280 e. The Bertz CT molecular complexity index is 1190. The maximum absolute atomic E-state index is 13.0. The van der Waals surface area contributed by atoms with Crippen LogP contribution in [0.2, 0.25) is 0 Å². The van der Waals surface area contributed by atoms with Gasteiger partial charge in [0.05, 0.1) is 17.5 Å². The number of ether oxygens (including phenoxy) is 1. The third-order valence-corrected chi connectivity index (χ3v) is 5.08. The van der Waals surface area contributed by atoms with Crippen molar-refractivity contribution >= 4 is 28.3 Å². The SMILES string of the molecule is Cc1ccc(N2CCO[C@H]([C@@H](O)c3nc(=O)c4cc(C(=N)N)ccc4[nH]3)C2=O)cc1. The average molecular weight is 407 g/mol. The minimum Gasteiger partial charge on any atom is -0.384 e. The molecular weight excluding hydrogens is 386 g/mol. The number of aromatic amines is 1. The highest BCUT2D eigenvalue weighted by Gasteiger charge is 2.38. The van der Waals surface area contributed by atoms with Crippen molar-refractivity contribution in [3.05, 3.63) is 69.8 Å². The van der Waals surface area contributed by atoms with Gasteiger partial charge >= 0.3 is 0 Å². The van der Waals surface area contributed by atoms with Crippen LogP contribution in [0.25, 0.3) is 10.9 Å². The summed E-state index contributed by atoms with van der Waals surface area (Å²) in [6.07, 6.45) is -2.65. The number of hydrogen-bond acceptors (Lipinski definition) is 6. The number of anilines is 1. The number of amidine groups is 1. The Morgan fingerprint density at radius 1 is 1.30 bits per heavy atom. The number of carbonyl (C=O) groups is 1. The van der Waals surface area contributed by atoms with E-state index in [-0.39, 0.29) is 23.7 Å². The smallest absolute Gasteiger partial charge is 0.280 e. The number of benzene rings is 2. The van der Waals surface area contributed by atoms with E-state index in [2.05, 4.69) is 9.97 Å². The third kappa shape index (κ3) is 3.56. The highest BCUT2D eigenvalue weighted by molar-refractivity contribution is 5.99. The van der Waals surface area contributed by atoms with Crippen LogP contribution in [0.5, 0.6) is 0 Å². The summed E-state index contributed by atoms with van der Waals surface area (Å²) in [5.74, 6) is -0.641. The van der Waals surface area contributed by atoms with E-state index in [0.717, 1.165) is 5.56 Å². The summed E-state index contributed by atoms with van der Waals surface area (Å²) >= 11 is 0. The lowest BCUT2D eigenvalue weighted by molar-refractivity contribution is -0.143. The summed E-state index contributed by atoms with van der Waals surface area (Å²) < 4.78 is 5.54. The van der Waals surface area contributed by atoms with Crippen LogP contribution in [0.4, 0.5) is 5.69 Å². The van der Waals surface area contributed by atoms with E-state index in [0.29, 0.717) is 23.3 Å². The second-order valence-electron chi connectivity index (χ2n) is 7.16. The van der Waals surface area contributed by atoms with Crippen LogP contribution in [0.1, 0.15) is 23.1 Å². The Morgan fingerprint density at radius 2 is 2.03 bits per heavy atom. The van der Waals surface area contributed by atoms with Gasteiger partial charge in [0.1, 0.15) is 17.8 Å². The van der Waals surface area contributed by atoms with Gasteiger partial charge in [-0.3, -0.25) is 15.0 Å². The minimum atomic E-state index is -1.45. The number of rotatable bonds is 4. The molecule has 0 saturated carbocycles. The molecule has 2 atom stereocenters. The molecule has 5 N–H and O–H groups in total. The van der Waals surface area contributed by atoms with E-state index in [1.54, 1.807) is 17.0 Å². The van der Waals surface area contributed by atoms with E-state index in [1.165, 1.54) is 6.07 Å². The molecule has 0 bridgehead atoms. The van der Waals surface area contributed by atoms with Crippen molar-refractivity contribution < 1.29 is 14.6 Å². The quantitative estimate of drug-likeness (QED) is 0.375. The van der Waals surface area contributed by atoms with E-state index in [4.69, 9.17) is 15.9 Å². The number of aryl methyl sites for hydroxylation is 1. The number of aliphatic hydroxyl groups excluding tert-OH is 1. The number of fused-ring (bicyclic) bond motifs is 1. The van der Waals surface area contributed by atoms with Gasteiger partial charge in [0.15, 0.2) is 6.10 Å². The largest absolute Gasteiger partial charge is 0.384 e. The Morgan fingerprint density at radius 3 is 2.73 bits per heavy atom. The normalized spacial score (nSPS) is 17.9. The average Bonchev–Trinajstić information content (AvgIpc) is 2.74. The predicted octanol–water partition coefficient (Wildman–Crippen LogP) is 0.981.